The molecule has 0 spiro atoms. The highest BCUT2D eigenvalue weighted by Gasteiger charge is 2.23. The van der Waals surface area contributed by atoms with Crippen molar-refractivity contribution in [2.75, 3.05) is 24.6 Å². The first-order valence-corrected chi connectivity index (χ1v) is 7.10. The molecule has 0 aliphatic carbocycles. The Morgan fingerprint density at radius 3 is 3.06 bits per heavy atom. The van der Waals surface area contributed by atoms with E-state index in [9.17, 15) is 0 Å². The summed E-state index contributed by atoms with van der Waals surface area (Å²) in [5.74, 6) is 1.83. The molecule has 0 amide bonds. The number of nitrogens with zero attached hydrogens (tertiary/aromatic N) is 2. The van der Waals surface area contributed by atoms with Gasteiger partial charge in [-0.3, -0.25) is 4.90 Å². The first kappa shape index (κ1) is 12.7. The van der Waals surface area contributed by atoms with E-state index < -0.39 is 0 Å². The Labute approximate surface area is 108 Å². The fraction of sp³-hybridized carbons (Fsp3) is 0.615. The summed E-state index contributed by atoms with van der Waals surface area (Å²) in [6.07, 6.45) is 3.04. The van der Waals surface area contributed by atoms with Gasteiger partial charge < -0.3 is 5.73 Å². The van der Waals surface area contributed by atoms with Crippen LogP contribution < -0.4 is 5.73 Å². The zero-order chi connectivity index (χ0) is 12.3. The maximum absolute atomic E-state index is 5.70. The molecule has 2 rings (SSSR count). The molecule has 2 N–H and O–H groups in total. The van der Waals surface area contributed by atoms with Gasteiger partial charge in [0, 0.05) is 29.8 Å². The number of rotatable bonds is 2. The second-order valence-electron chi connectivity index (χ2n) is 5.22. The Balaban J connectivity index is 1.95. The number of nitrogens with two attached hydrogens (primary N) is 1. The minimum Gasteiger partial charge on any atom is -0.384 e. The molecule has 17 heavy (non-hydrogen) atoms. The molecule has 1 aromatic rings. The summed E-state index contributed by atoms with van der Waals surface area (Å²) in [5, 5.41) is 0. The maximum Gasteiger partial charge on any atom is 0.123 e. The van der Waals surface area contributed by atoms with E-state index in [-0.39, 0.29) is 0 Å². The Hall–Kier alpha value is -0.740. The van der Waals surface area contributed by atoms with Crippen LogP contribution in [0.4, 0.5) is 5.82 Å². The van der Waals surface area contributed by atoms with Crippen LogP contribution in [0.5, 0.6) is 0 Å². The van der Waals surface area contributed by atoms with E-state index in [4.69, 9.17) is 5.73 Å². The molecule has 1 aliphatic rings. The summed E-state index contributed by atoms with van der Waals surface area (Å²) in [6, 6.07) is 4.03. The molecule has 0 unspecified atom stereocenters. The Morgan fingerprint density at radius 2 is 2.29 bits per heavy atom. The minimum atomic E-state index is 0.423. The van der Waals surface area contributed by atoms with Gasteiger partial charge in [-0.25, -0.2) is 4.98 Å². The lowest BCUT2D eigenvalue weighted by molar-refractivity contribution is 0.276. The van der Waals surface area contributed by atoms with Crippen LogP contribution in [0.3, 0.4) is 0 Å². The van der Waals surface area contributed by atoms with Crippen LogP contribution in [0.25, 0.3) is 0 Å². The Kier molecular flexibility index (Phi) is 3.94. The van der Waals surface area contributed by atoms with Crippen LogP contribution in [0.15, 0.2) is 18.3 Å². The summed E-state index contributed by atoms with van der Waals surface area (Å²) < 4.78 is 0.423. The predicted octanol–water partition coefficient (Wildman–Crippen LogP) is 2.38. The van der Waals surface area contributed by atoms with Gasteiger partial charge >= 0.3 is 0 Å². The zero-order valence-electron chi connectivity index (χ0n) is 10.6. The van der Waals surface area contributed by atoms with Crippen LogP contribution in [0.2, 0.25) is 0 Å². The minimum absolute atomic E-state index is 0.423. The molecule has 1 fully saturated rings. The third-order valence-corrected chi connectivity index (χ3v) is 4.55. The van der Waals surface area contributed by atoms with Gasteiger partial charge in [-0.05, 0) is 30.7 Å². The van der Waals surface area contributed by atoms with Gasteiger partial charge in [0.1, 0.15) is 5.82 Å². The SMILES string of the molecule is CC1(C)CCN(Cc2ccnc(N)c2)CCS1. The molecule has 0 saturated carbocycles. The number of anilines is 1. The van der Waals surface area contributed by atoms with Gasteiger partial charge in [-0.15, -0.1) is 0 Å². The van der Waals surface area contributed by atoms with Crippen molar-refractivity contribution < 1.29 is 0 Å². The van der Waals surface area contributed by atoms with Crippen molar-refractivity contribution in [2.24, 2.45) is 0 Å². The van der Waals surface area contributed by atoms with Crippen molar-refractivity contribution in [1.29, 1.82) is 0 Å². The number of aromatic nitrogens is 1. The molecule has 1 saturated heterocycles. The second kappa shape index (κ2) is 5.27. The maximum atomic E-state index is 5.70. The van der Waals surface area contributed by atoms with Crippen LogP contribution in [0.1, 0.15) is 25.8 Å². The summed E-state index contributed by atoms with van der Waals surface area (Å²) in [6.45, 7) is 8.00. The van der Waals surface area contributed by atoms with Crippen LogP contribution in [-0.2, 0) is 6.54 Å². The molecule has 0 bridgehead atoms. The van der Waals surface area contributed by atoms with Gasteiger partial charge in [0.25, 0.3) is 0 Å². The van der Waals surface area contributed by atoms with E-state index in [0.717, 1.165) is 13.1 Å². The standard InChI is InChI=1S/C13H21N3S/c1-13(2)4-6-16(7-8-17-13)10-11-3-5-15-12(14)9-11/h3,5,9H,4,6-8,10H2,1-2H3,(H2,14,15). The first-order valence-electron chi connectivity index (χ1n) is 6.12. The van der Waals surface area contributed by atoms with Crippen molar-refractivity contribution in [1.82, 2.24) is 9.88 Å². The summed E-state index contributed by atoms with van der Waals surface area (Å²) >= 11 is 2.08. The Bertz CT molecular complexity index is 379. The van der Waals surface area contributed by atoms with Crippen LogP contribution >= 0.6 is 11.8 Å². The van der Waals surface area contributed by atoms with Crippen molar-refractivity contribution >= 4 is 17.6 Å². The van der Waals surface area contributed by atoms with Crippen molar-refractivity contribution in [2.45, 2.75) is 31.6 Å². The monoisotopic (exact) mass is 251 g/mol. The molecule has 3 nitrogen and oxygen atoms in total. The largest absolute Gasteiger partial charge is 0.384 e. The molecular weight excluding hydrogens is 230 g/mol. The summed E-state index contributed by atoms with van der Waals surface area (Å²) in [4.78, 5) is 6.54. The van der Waals surface area contributed by atoms with Crippen molar-refractivity contribution in [3.8, 4) is 0 Å². The lowest BCUT2D eigenvalue weighted by atomic mass is 10.1. The van der Waals surface area contributed by atoms with Gasteiger partial charge in [0.2, 0.25) is 0 Å². The molecule has 94 valence electrons. The van der Waals surface area contributed by atoms with Crippen molar-refractivity contribution in [3.63, 3.8) is 0 Å². The summed E-state index contributed by atoms with van der Waals surface area (Å²) in [5.41, 5.74) is 6.97. The molecule has 1 aromatic heterocycles. The number of pyridine rings is 1. The van der Waals surface area contributed by atoms with Gasteiger partial charge in [-0.1, -0.05) is 13.8 Å². The third kappa shape index (κ3) is 3.89. The normalized spacial score (nSPS) is 21.1. The Morgan fingerprint density at radius 1 is 1.47 bits per heavy atom. The predicted molar refractivity (Wildman–Crippen MR) is 75.1 cm³/mol. The zero-order valence-corrected chi connectivity index (χ0v) is 11.5. The quantitative estimate of drug-likeness (QED) is 0.876. The highest BCUT2D eigenvalue weighted by atomic mass is 32.2. The highest BCUT2D eigenvalue weighted by Crippen LogP contribution is 2.31. The third-order valence-electron chi connectivity index (χ3n) is 3.18. The molecular formula is C13H21N3S. The average molecular weight is 251 g/mol. The number of thioether (sulfide) groups is 1. The van der Waals surface area contributed by atoms with Crippen LogP contribution in [0, 0.1) is 0 Å². The number of nitrogen functional groups attached to an aromatic ring is 1. The fourth-order valence-electron chi connectivity index (χ4n) is 2.07. The van der Waals surface area contributed by atoms with Crippen LogP contribution in [-0.4, -0.2) is 33.5 Å². The lowest BCUT2D eigenvalue weighted by Gasteiger charge is -2.22. The smallest absolute Gasteiger partial charge is 0.123 e. The molecule has 0 atom stereocenters. The van der Waals surface area contributed by atoms with Gasteiger partial charge in [0.15, 0.2) is 0 Å². The fourth-order valence-corrected chi connectivity index (χ4v) is 3.21. The average Bonchev–Trinajstić information content (AvgIpc) is 2.41. The number of hydrogen-bond donors (Lipinski definition) is 1. The van der Waals surface area contributed by atoms with E-state index >= 15 is 0 Å². The second-order valence-corrected chi connectivity index (χ2v) is 7.03. The number of hydrogen-bond acceptors (Lipinski definition) is 4. The molecule has 0 radical (unpaired) electrons. The molecule has 2 heterocycles. The van der Waals surface area contributed by atoms with Gasteiger partial charge in [0.05, 0.1) is 0 Å². The van der Waals surface area contributed by atoms with Crippen molar-refractivity contribution in [3.05, 3.63) is 23.9 Å². The van der Waals surface area contributed by atoms with E-state index in [1.165, 1.54) is 24.3 Å². The molecule has 1 aliphatic heterocycles. The first-order chi connectivity index (χ1) is 8.05. The van der Waals surface area contributed by atoms with E-state index in [1.807, 2.05) is 6.07 Å². The highest BCUT2D eigenvalue weighted by molar-refractivity contribution is 8.00. The van der Waals surface area contributed by atoms with Gasteiger partial charge in [-0.2, -0.15) is 11.8 Å². The molecule has 0 aromatic carbocycles. The van der Waals surface area contributed by atoms with E-state index in [1.54, 1.807) is 6.20 Å². The van der Waals surface area contributed by atoms with E-state index in [0.29, 0.717) is 10.6 Å². The topological polar surface area (TPSA) is 42.2 Å². The summed E-state index contributed by atoms with van der Waals surface area (Å²) in [7, 11) is 0. The molecule has 4 heteroatoms. The van der Waals surface area contributed by atoms with E-state index in [2.05, 4.69) is 41.6 Å². The lowest BCUT2D eigenvalue weighted by Crippen LogP contribution is -2.26.